The molecule has 0 aromatic heterocycles. The lowest BCUT2D eigenvalue weighted by Gasteiger charge is -2.29. The molecule has 1 amide bonds. The molecule has 142 valence electrons. The number of rotatable bonds is 7. The Morgan fingerprint density at radius 3 is 2.18 bits per heavy atom. The summed E-state index contributed by atoms with van der Waals surface area (Å²) in [5.74, 6) is -0.783. The minimum Gasteiger partial charge on any atom is -0.497 e. The topological polar surface area (TPSA) is 66.8 Å². The molecule has 0 bridgehead atoms. The van der Waals surface area contributed by atoms with Crippen LogP contribution in [0, 0.1) is 0 Å². The summed E-state index contributed by atoms with van der Waals surface area (Å²) in [5, 5.41) is 9.95. The molecule has 0 aliphatic rings. The second kappa shape index (κ2) is 8.86. The van der Waals surface area contributed by atoms with Crippen molar-refractivity contribution in [1.29, 1.82) is 0 Å². The fraction of sp³-hybridized carbons (Fsp3) is 0.130. The summed E-state index contributed by atoms with van der Waals surface area (Å²) in [4.78, 5) is 26.8. The van der Waals surface area contributed by atoms with Crippen molar-refractivity contribution in [3.63, 3.8) is 0 Å². The number of ether oxygens (including phenoxy) is 1. The predicted octanol–water partition coefficient (Wildman–Crippen LogP) is 4.16. The molecule has 0 fully saturated rings. The Morgan fingerprint density at radius 2 is 1.57 bits per heavy atom. The predicted molar refractivity (Wildman–Crippen MR) is 106 cm³/mol. The molecule has 5 heteroatoms. The van der Waals surface area contributed by atoms with Gasteiger partial charge in [0.15, 0.2) is 6.04 Å². The molecule has 3 rings (SSSR count). The first kappa shape index (κ1) is 19.2. The van der Waals surface area contributed by atoms with Gasteiger partial charge in [-0.05, 0) is 35.4 Å². The number of hydrogen-bond acceptors (Lipinski definition) is 3. The number of carbonyl (C=O) groups is 2. The smallest absolute Gasteiger partial charge is 0.331 e. The van der Waals surface area contributed by atoms with Gasteiger partial charge in [0.25, 0.3) is 5.91 Å². The first-order valence-corrected chi connectivity index (χ1v) is 8.87. The van der Waals surface area contributed by atoms with Gasteiger partial charge in [-0.1, -0.05) is 60.7 Å². The van der Waals surface area contributed by atoms with Crippen LogP contribution in [0.3, 0.4) is 0 Å². The lowest BCUT2D eigenvalue weighted by molar-refractivity contribution is -0.142. The van der Waals surface area contributed by atoms with Crippen molar-refractivity contribution in [2.75, 3.05) is 7.11 Å². The highest BCUT2D eigenvalue weighted by molar-refractivity contribution is 5.96. The summed E-state index contributed by atoms with van der Waals surface area (Å²) >= 11 is 0. The number of aliphatic carboxylic acids is 1. The highest BCUT2D eigenvalue weighted by atomic mass is 16.5. The van der Waals surface area contributed by atoms with E-state index < -0.39 is 12.0 Å². The lowest BCUT2D eigenvalue weighted by Crippen LogP contribution is -2.38. The Balaban J connectivity index is 2.04. The third-order valence-electron chi connectivity index (χ3n) is 4.43. The second-order valence-electron chi connectivity index (χ2n) is 6.30. The summed E-state index contributed by atoms with van der Waals surface area (Å²) in [5.41, 5.74) is 1.76. The van der Waals surface area contributed by atoms with Gasteiger partial charge in [-0.3, -0.25) is 4.79 Å². The zero-order valence-corrected chi connectivity index (χ0v) is 15.5. The van der Waals surface area contributed by atoms with Gasteiger partial charge >= 0.3 is 5.97 Å². The van der Waals surface area contributed by atoms with Crippen LogP contribution in [-0.4, -0.2) is 29.0 Å². The molecule has 1 atom stereocenters. The van der Waals surface area contributed by atoms with Crippen molar-refractivity contribution in [3.05, 3.63) is 102 Å². The van der Waals surface area contributed by atoms with Gasteiger partial charge in [0.05, 0.1) is 7.11 Å². The van der Waals surface area contributed by atoms with Gasteiger partial charge in [-0.15, -0.1) is 0 Å². The van der Waals surface area contributed by atoms with Crippen molar-refractivity contribution in [1.82, 2.24) is 4.90 Å². The number of hydrogen-bond donors (Lipinski definition) is 1. The Kier molecular flexibility index (Phi) is 6.07. The third-order valence-corrected chi connectivity index (χ3v) is 4.43. The van der Waals surface area contributed by atoms with E-state index in [0.717, 1.165) is 5.56 Å². The minimum atomic E-state index is -1.11. The molecule has 3 aromatic carbocycles. The number of carboxylic acid groups (broad SMARTS) is 1. The van der Waals surface area contributed by atoms with E-state index in [1.54, 1.807) is 67.8 Å². The van der Waals surface area contributed by atoms with Crippen LogP contribution >= 0.6 is 0 Å². The Hall–Kier alpha value is -3.60. The zero-order chi connectivity index (χ0) is 19.9. The van der Waals surface area contributed by atoms with E-state index in [9.17, 15) is 14.7 Å². The first-order chi connectivity index (χ1) is 13.6. The van der Waals surface area contributed by atoms with Crippen LogP contribution in [0.25, 0.3) is 0 Å². The molecular formula is C23H21NO4. The normalized spacial score (nSPS) is 11.5. The van der Waals surface area contributed by atoms with Crippen molar-refractivity contribution in [2.24, 2.45) is 0 Å². The zero-order valence-electron chi connectivity index (χ0n) is 15.5. The number of carbonyl (C=O) groups excluding carboxylic acids is 1. The quantitative estimate of drug-likeness (QED) is 0.673. The van der Waals surface area contributed by atoms with E-state index >= 15 is 0 Å². The molecule has 1 unspecified atom stereocenters. The minimum absolute atomic E-state index is 0.136. The van der Waals surface area contributed by atoms with E-state index in [2.05, 4.69) is 0 Å². The van der Waals surface area contributed by atoms with E-state index in [4.69, 9.17) is 4.74 Å². The maximum absolute atomic E-state index is 13.3. The standard InChI is InChI=1S/C23H21NO4/c1-28-20-14-8-9-17(15-20)16-24(22(25)19-12-6-3-7-13-19)21(23(26)27)18-10-4-2-5-11-18/h2-15,21H,16H2,1H3,(H,26,27). The Labute approximate surface area is 163 Å². The lowest BCUT2D eigenvalue weighted by atomic mass is 10.0. The Morgan fingerprint density at radius 1 is 0.929 bits per heavy atom. The molecule has 0 aliphatic carbocycles. The van der Waals surface area contributed by atoms with Gasteiger partial charge in [-0.25, -0.2) is 4.79 Å². The maximum atomic E-state index is 13.3. The number of methoxy groups -OCH3 is 1. The highest BCUT2D eigenvalue weighted by Crippen LogP contribution is 2.26. The Bertz CT molecular complexity index is 941. The molecule has 0 aliphatic heterocycles. The summed E-state index contributed by atoms with van der Waals surface area (Å²) < 4.78 is 5.25. The largest absolute Gasteiger partial charge is 0.497 e. The van der Waals surface area contributed by atoms with Crippen LogP contribution in [-0.2, 0) is 11.3 Å². The SMILES string of the molecule is COc1cccc(CN(C(=O)c2ccccc2)C(C(=O)O)c2ccccc2)c1. The van der Waals surface area contributed by atoms with E-state index in [0.29, 0.717) is 16.9 Å². The molecule has 5 nitrogen and oxygen atoms in total. The van der Waals surface area contributed by atoms with E-state index in [1.807, 2.05) is 24.3 Å². The number of nitrogens with zero attached hydrogens (tertiary/aromatic N) is 1. The molecule has 0 radical (unpaired) electrons. The number of carboxylic acids is 1. The van der Waals surface area contributed by atoms with Crippen LogP contribution < -0.4 is 4.74 Å². The van der Waals surface area contributed by atoms with Crippen molar-refractivity contribution in [2.45, 2.75) is 12.6 Å². The molecular weight excluding hydrogens is 354 g/mol. The molecule has 3 aromatic rings. The molecule has 1 N–H and O–H groups in total. The second-order valence-corrected chi connectivity index (χ2v) is 6.30. The summed E-state index contributed by atoms with van der Waals surface area (Å²) in [6.07, 6.45) is 0. The first-order valence-electron chi connectivity index (χ1n) is 8.87. The fourth-order valence-electron chi connectivity index (χ4n) is 3.09. The molecule has 0 spiro atoms. The van der Waals surface area contributed by atoms with Gasteiger partial charge < -0.3 is 14.7 Å². The third kappa shape index (κ3) is 4.38. The van der Waals surface area contributed by atoms with Gasteiger partial charge in [0.1, 0.15) is 5.75 Å². The van der Waals surface area contributed by atoms with Gasteiger partial charge in [0.2, 0.25) is 0 Å². The fourth-order valence-corrected chi connectivity index (χ4v) is 3.09. The van der Waals surface area contributed by atoms with Gasteiger partial charge in [-0.2, -0.15) is 0 Å². The van der Waals surface area contributed by atoms with Crippen molar-refractivity contribution in [3.8, 4) is 5.75 Å². The maximum Gasteiger partial charge on any atom is 0.331 e. The monoisotopic (exact) mass is 375 g/mol. The summed E-state index contributed by atoms with van der Waals surface area (Å²) in [7, 11) is 1.57. The average Bonchev–Trinajstić information content (AvgIpc) is 2.74. The summed E-state index contributed by atoms with van der Waals surface area (Å²) in [6, 6.07) is 23.6. The van der Waals surface area contributed by atoms with Crippen LogP contribution in [0.1, 0.15) is 27.5 Å². The number of amides is 1. The van der Waals surface area contributed by atoms with Crippen molar-refractivity contribution < 1.29 is 19.4 Å². The van der Waals surface area contributed by atoms with Crippen LogP contribution in [0.5, 0.6) is 5.75 Å². The molecule has 0 saturated heterocycles. The summed E-state index contributed by atoms with van der Waals surface area (Å²) in [6.45, 7) is 0.136. The van der Waals surface area contributed by atoms with Gasteiger partial charge in [0, 0.05) is 12.1 Å². The van der Waals surface area contributed by atoms with Crippen molar-refractivity contribution >= 4 is 11.9 Å². The van der Waals surface area contributed by atoms with E-state index in [-0.39, 0.29) is 12.5 Å². The molecule has 0 saturated carbocycles. The number of benzene rings is 3. The van der Waals surface area contributed by atoms with Crippen LogP contribution in [0.4, 0.5) is 0 Å². The average molecular weight is 375 g/mol. The van der Waals surface area contributed by atoms with E-state index in [1.165, 1.54) is 4.90 Å². The molecule has 0 heterocycles. The molecule has 28 heavy (non-hydrogen) atoms. The van der Waals surface area contributed by atoms with Crippen LogP contribution in [0.2, 0.25) is 0 Å². The highest BCUT2D eigenvalue weighted by Gasteiger charge is 2.32. The van der Waals surface area contributed by atoms with Crippen LogP contribution in [0.15, 0.2) is 84.9 Å².